The van der Waals surface area contributed by atoms with Gasteiger partial charge in [-0.05, 0) is 25.8 Å². The number of nitrogens with zero attached hydrogens (tertiary/aromatic N) is 1. The minimum atomic E-state index is -3.39. The van der Waals surface area contributed by atoms with Gasteiger partial charge in [0.25, 0.3) is 0 Å². The first kappa shape index (κ1) is 15.2. The number of rotatable bonds is 4. The van der Waals surface area contributed by atoms with Crippen LogP contribution in [-0.2, 0) is 19.9 Å². The number of piperidine rings is 1. The summed E-state index contributed by atoms with van der Waals surface area (Å²) in [7, 11) is -4.94. The lowest BCUT2D eigenvalue weighted by molar-refractivity contribution is 0.377. The van der Waals surface area contributed by atoms with Gasteiger partial charge in [0.15, 0.2) is 9.84 Å². The topological polar surface area (TPSA) is 83.6 Å². The zero-order chi connectivity index (χ0) is 14.1. The maximum atomic E-state index is 12.3. The Hall–Kier alpha value is -0.180. The van der Waals surface area contributed by atoms with Crippen molar-refractivity contribution < 1.29 is 16.8 Å². The van der Waals surface area contributed by atoms with Crippen molar-refractivity contribution >= 4 is 19.9 Å². The van der Waals surface area contributed by atoms with Gasteiger partial charge in [-0.25, -0.2) is 21.1 Å². The van der Waals surface area contributed by atoms with Crippen LogP contribution in [0.5, 0.6) is 0 Å². The van der Waals surface area contributed by atoms with Crippen molar-refractivity contribution in [2.45, 2.75) is 37.8 Å². The molecule has 2 rings (SSSR count). The van der Waals surface area contributed by atoms with Gasteiger partial charge in [-0.3, -0.25) is 0 Å². The molecule has 0 saturated carbocycles. The maximum Gasteiger partial charge on any atom is 0.215 e. The van der Waals surface area contributed by atoms with Crippen molar-refractivity contribution in [1.82, 2.24) is 9.62 Å². The predicted octanol–water partition coefficient (Wildman–Crippen LogP) is -0.423. The third kappa shape index (κ3) is 3.90. The Morgan fingerprint density at radius 3 is 2.53 bits per heavy atom. The molecule has 0 radical (unpaired) electrons. The number of nitrogens with one attached hydrogen (secondary N) is 1. The fraction of sp³-hybridized carbons (Fsp3) is 1.00. The van der Waals surface area contributed by atoms with Gasteiger partial charge >= 0.3 is 0 Å². The SMILES string of the molecule is CN(C1CCS(=O)(=O)C1)S(=O)(=O)CC1CCCCN1. The fourth-order valence-corrected chi connectivity index (χ4v) is 6.26. The highest BCUT2D eigenvalue weighted by atomic mass is 32.2. The maximum absolute atomic E-state index is 12.3. The summed E-state index contributed by atoms with van der Waals surface area (Å²) >= 11 is 0. The molecule has 2 saturated heterocycles. The Labute approximate surface area is 115 Å². The van der Waals surface area contributed by atoms with E-state index in [9.17, 15) is 16.8 Å². The Kier molecular flexibility index (Phi) is 4.54. The second kappa shape index (κ2) is 5.67. The van der Waals surface area contributed by atoms with Crippen molar-refractivity contribution in [3.63, 3.8) is 0 Å². The number of sulfone groups is 1. The van der Waals surface area contributed by atoms with Crippen LogP contribution in [0.25, 0.3) is 0 Å². The second-order valence-corrected chi connectivity index (χ2v) is 9.80. The molecule has 0 aromatic rings. The van der Waals surface area contributed by atoms with Crippen LogP contribution in [0.4, 0.5) is 0 Å². The van der Waals surface area contributed by atoms with Gasteiger partial charge in [0.2, 0.25) is 10.0 Å². The van der Waals surface area contributed by atoms with Gasteiger partial charge in [-0.1, -0.05) is 6.42 Å². The van der Waals surface area contributed by atoms with Crippen LogP contribution in [0.3, 0.4) is 0 Å². The molecule has 2 unspecified atom stereocenters. The molecule has 8 heteroatoms. The van der Waals surface area contributed by atoms with Crippen molar-refractivity contribution in [2.24, 2.45) is 0 Å². The van der Waals surface area contributed by atoms with E-state index in [1.807, 2.05) is 0 Å². The van der Waals surface area contributed by atoms with Gasteiger partial charge in [0, 0.05) is 19.1 Å². The van der Waals surface area contributed by atoms with Crippen molar-refractivity contribution in [3.05, 3.63) is 0 Å². The summed E-state index contributed by atoms with van der Waals surface area (Å²) in [5, 5.41) is 3.21. The molecule has 112 valence electrons. The van der Waals surface area contributed by atoms with Crippen LogP contribution < -0.4 is 5.32 Å². The van der Waals surface area contributed by atoms with E-state index in [4.69, 9.17) is 0 Å². The average Bonchev–Trinajstić information content (AvgIpc) is 2.69. The summed E-state index contributed by atoms with van der Waals surface area (Å²) < 4.78 is 48.7. The van der Waals surface area contributed by atoms with Crippen molar-refractivity contribution in [2.75, 3.05) is 30.9 Å². The molecule has 0 aromatic carbocycles. The molecule has 6 nitrogen and oxygen atoms in total. The highest BCUT2D eigenvalue weighted by Gasteiger charge is 2.36. The van der Waals surface area contributed by atoms with Crippen molar-refractivity contribution in [1.29, 1.82) is 0 Å². The third-order valence-corrected chi connectivity index (χ3v) is 7.74. The molecule has 0 aromatic heterocycles. The molecule has 19 heavy (non-hydrogen) atoms. The van der Waals surface area contributed by atoms with Crippen LogP contribution in [0.2, 0.25) is 0 Å². The van der Waals surface area contributed by atoms with Crippen LogP contribution in [-0.4, -0.2) is 64.1 Å². The van der Waals surface area contributed by atoms with Gasteiger partial charge in [-0.15, -0.1) is 0 Å². The van der Waals surface area contributed by atoms with Gasteiger partial charge in [0.1, 0.15) is 0 Å². The fourth-order valence-electron chi connectivity index (χ4n) is 2.73. The van der Waals surface area contributed by atoms with E-state index in [1.165, 1.54) is 11.4 Å². The predicted molar refractivity (Wildman–Crippen MR) is 74.3 cm³/mol. The van der Waals surface area contributed by atoms with E-state index in [1.54, 1.807) is 0 Å². The van der Waals surface area contributed by atoms with Gasteiger partial charge in [0.05, 0.1) is 17.3 Å². The molecule has 2 aliphatic rings. The summed E-state index contributed by atoms with van der Waals surface area (Å²) in [6.45, 7) is 0.863. The summed E-state index contributed by atoms with van der Waals surface area (Å²) in [4.78, 5) is 0. The minimum Gasteiger partial charge on any atom is -0.313 e. The van der Waals surface area contributed by atoms with Crippen LogP contribution in [0.1, 0.15) is 25.7 Å². The van der Waals surface area contributed by atoms with E-state index >= 15 is 0 Å². The molecule has 2 heterocycles. The largest absolute Gasteiger partial charge is 0.313 e. The summed E-state index contributed by atoms with van der Waals surface area (Å²) in [5.74, 6) is 0.125. The molecule has 2 fully saturated rings. The summed E-state index contributed by atoms with van der Waals surface area (Å²) in [5.41, 5.74) is 0. The highest BCUT2D eigenvalue weighted by Crippen LogP contribution is 2.20. The number of hydrogen-bond donors (Lipinski definition) is 1. The smallest absolute Gasteiger partial charge is 0.215 e. The molecule has 2 aliphatic heterocycles. The zero-order valence-electron chi connectivity index (χ0n) is 11.2. The Balaban J connectivity index is 1.98. The quantitative estimate of drug-likeness (QED) is 0.762. The number of sulfonamides is 1. The van der Waals surface area contributed by atoms with Crippen LogP contribution >= 0.6 is 0 Å². The second-order valence-electron chi connectivity index (χ2n) is 5.50. The number of hydrogen-bond acceptors (Lipinski definition) is 5. The summed E-state index contributed by atoms with van der Waals surface area (Å²) in [6.07, 6.45) is 3.42. The standard InChI is InChI=1S/C11H22N2O4S2/c1-13(11-5-7-18(14,15)9-11)19(16,17)8-10-4-2-3-6-12-10/h10-12H,2-9H2,1H3. The van der Waals surface area contributed by atoms with Crippen molar-refractivity contribution in [3.8, 4) is 0 Å². The first-order valence-electron chi connectivity index (χ1n) is 6.70. The van der Waals surface area contributed by atoms with E-state index in [0.29, 0.717) is 6.42 Å². The lowest BCUT2D eigenvalue weighted by Gasteiger charge is -2.28. The highest BCUT2D eigenvalue weighted by molar-refractivity contribution is 7.92. The lowest BCUT2D eigenvalue weighted by Crippen LogP contribution is -2.46. The molecule has 0 spiro atoms. The lowest BCUT2D eigenvalue weighted by atomic mass is 10.1. The third-order valence-electron chi connectivity index (χ3n) is 3.99. The molecule has 2 atom stereocenters. The Bertz CT molecular complexity index is 509. The molecule has 0 bridgehead atoms. The summed E-state index contributed by atoms with van der Waals surface area (Å²) in [6, 6.07) is -0.391. The van der Waals surface area contributed by atoms with E-state index in [-0.39, 0.29) is 23.3 Å². The van der Waals surface area contributed by atoms with E-state index < -0.39 is 25.9 Å². The Morgan fingerprint density at radius 1 is 1.26 bits per heavy atom. The average molecular weight is 310 g/mol. The van der Waals surface area contributed by atoms with Crippen LogP contribution in [0.15, 0.2) is 0 Å². The molecule has 1 N–H and O–H groups in total. The van der Waals surface area contributed by atoms with Gasteiger partial charge in [-0.2, -0.15) is 0 Å². The first-order chi connectivity index (χ1) is 8.80. The van der Waals surface area contributed by atoms with E-state index in [2.05, 4.69) is 5.32 Å². The molecular formula is C11H22N2O4S2. The van der Waals surface area contributed by atoms with Gasteiger partial charge < -0.3 is 5.32 Å². The molecule has 0 aliphatic carbocycles. The molecule has 0 amide bonds. The molecular weight excluding hydrogens is 288 g/mol. The monoisotopic (exact) mass is 310 g/mol. The van der Waals surface area contributed by atoms with E-state index in [0.717, 1.165) is 25.8 Å². The first-order valence-corrected chi connectivity index (χ1v) is 10.1. The minimum absolute atomic E-state index is 0.000731. The zero-order valence-corrected chi connectivity index (χ0v) is 12.8. The Morgan fingerprint density at radius 2 is 2.00 bits per heavy atom. The normalized spacial score (nSPS) is 31.7. The van der Waals surface area contributed by atoms with Crippen LogP contribution in [0, 0.1) is 0 Å².